The van der Waals surface area contributed by atoms with Crippen LogP contribution in [-0.4, -0.2) is 22.8 Å². The van der Waals surface area contributed by atoms with Crippen molar-refractivity contribution < 1.29 is 9.59 Å². The maximum atomic E-state index is 12.1. The van der Waals surface area contributed by atoms with Crippen LogP contribution >= 0.6 is 0 Å². The third-order valence-corrected chi connectivity index (χ3v) is 2.98. The molecule has 0 spiro atoms. The molecular weight excluding hydrogens is 278 g/mol. The van der Waals surface area contributed by atoms with Gasteiger partial charge in [0, 0.05) is 25.0 Å². The Morgan fingerprint density at radius 2 is 1.68 bits per heavy atom. The maximum Gasteiger partial charge on any atom is 0.253 e. The average molecular weight is 297 g/mol. The molecule has 0 aliphatic carbocycles. The summed E-state index contributed by atoms with van der Waals surface area (Å²) in [5, 5.41) is 5.58. The minimum Gasteiger partial charge on any atom is -0.350 e. The zero-order valence-corrected chi connectivity index (χ0v) is 12.7. The molecule has 2 aromatic rings. The molecule has 2 N–H and O–H groups in total. The molecule has 1 aromatic heterocycles. The van der Waals surface area contributed by atoms with Crippen LogP contribution in [0.25, 0.3) is 0 Å². The highest BCUT2D eigenvalue weighted by Gasteiger charge is 2.11. The second-order valence-electron chi connectivity index (χ2n) is 5.26. The number of pyridine rings is 1. The fraction of sp³-hybridized carbons (Fsp3) is 0.235. The van der Waals surface area contributed by atoms with Crippen LogP contribution in [0.15, 0.2) is 48.8 Å². The first-order chi connectivity index (χ1) is 10.6. The number of carbonyl (C=O) groups excluding carboxylic acids is 2. The molecule has 2 rings (SSSR count). The topological polar surface area (TPSA) is 71.1 Å². The van der Waals surface area contributed by atoms with Gasteiger partial charge in [-0.25, -0.2) is 0 Å². The summed E-state index contributed by atoms with van der Waals surface area (Å²) in [6, 6.07) is 11.2. The molecule has 1 aromatic carbocycles. The van der Waals surface area contributed by atoms with Gasteiger partial charge in [-0.2, -0.15) is 0 Å². The van der Waals surface area contributed by atoms with Crippen molar-refractivity contribution in [1.82, 2.24) is 15.6 Å². The summed E-state index contributed by atoms with van der Waals surface area (Å²) >= 11 is 0. The number of aromatic nitrogens is 1. The highest BCUT2D eigenvalue weighted by atomic mass is 16.2. The van der Waals surface area contributed by atoms with Gasteiger partial charge in [0.1, 0.15) is 0 Å². The monoisotopic (exact) mass is 297 g/mol. The van der Waals surface area contributed by atoms with Gasteiger partial charge in [-0.1, -0.05) is 30.3 Å². The van der Waals surface area contributed by atoms with Gasteiger partial charge in [0.2, 0.25) is 0 Å². The van der Waals surface area contributed by atoms with E-state index in [0.717, 1.165) is 5.56 Å². The quantitative estimate of drug-likeness (QED) is 0.888. The van der Waals surface area contributed by atoms with Gasteiger partial charge in [-0.05, 0) is 25.5 Å². The van der Waals surface area contributed by atoms with Gasteiger partial charge in [-0.3, -0.25) is 14.6 Å². The molecule has 0 saturated carbocycles. The third-order valence-electron chi connectivity index (χ3n) is 2.98. The summed E-state index contributed by atoms with van der Waals surface area (Å²) in [5.74, 6) is -0.490. The summed E-state index contributed by atoms with van der Waals surface area (Å²) in [7, 11) is 0. The average Bonchev–Trinajstić information content (AvgIpc) is 2.53. The van der Waals surface area contributed by atoms with E-state index in [1.165, 1.54) is 12.4 Å². The Morgan fingerprint density at radius 1 is 1.05 bits per heavy atom. The zero-order valence-electron chi connectivity index (χ0n) is 12.7. The second kappa shape index (κ2) is 7.36. The highest BCUT2D eigenvalue weighted by Crippen LogP contribution is 2.05. The summed E-state index contributed by atoms with van der Waals surface area (Å²) < 4.78 is 0. The van der Waals surface area contributed by atoms with E-state index in [-0.39, 0.29) is 17.9 Å². The van der Waals surface area contributed by atoms with Gasteiger partial charge in [0.05, 0.1) is 11.1 Å². The van der Waals surface area contributed by atoms with E-state index in [4.69, 9.17) is 0 Å². The van der Waals surface area contributed by atoms with E-state index >= 15 is 0 Å². The highest BCUT2D eigenvalue weighted by molar-refractivity contribution is 5.99. The number of hydrogen-bond acceptors (Lipinski definition) is 3. The van der Waals surface area contributed by atoms with Gasteiger partial charge in [-0.15, -0.1) is 0 Å². The molecular formula is C17H19N3O2. The van der Waals surface area contributed by atoms with Crippen molar-refractivity contribution >= 4 is 11.8 Å². The van der Waals surface area contributed by atoms with Crippen molar-refractivity contribution in [1.29, 1.82) is 0 Å². The first kappa shape index (κ1) is 15.7. The molecule has 5 nitrogen and oxygen atoms in total. The largest absolute Gasteiger partial charge is 0.350 e. The SMILES string of the molecule is CC(C)NC(=O)c1cncc(C(=O)NCc2ccccc2)c1. The van der Waals surface area contributed by atoms with E-state index in [2.05, 4.69) is 15.6 Å². The smallest absolute Gasteiger partial charge is 0.253 e. The normalized spacial score (nSPS) is 10.3. The molecule has 0 saturated heterocycles. The molecule has 0 unspecified atom stereocenters. The fourth-order valence-electron chi connectivity index (χ4n) is 1.91. The Kier molecular flexibility index (Phi) is 5.25. The fourth-order valence-corrected chi connectivity index (χ4v) is 1.91. The summed E-state index contributed by atoms with van der Waals surface area (Å²) in [5.41, 5.74) is 1.76. The number of nitrogens with one attached hydrogen (secondary N) is 2. The predicted molar refractivity (Wildman–Crippen MR) is 84.5 cm³/mol. The molecule has 0 atom stereocenters. The summed E-state index contributed by atoms with van der Waals surface area (Å²) in [6.45, 7) is 4.19. The van der Waals surface area contributed by atoms with Crippen LogP contribution in [0.5, 0.6) is 0 Å². The van der Waals surface area contributed by atoms with Gasteiger partial charge < -0.3 is 10.6 Å². The molecule has 0 radical (unpaired) electrons. The van der Waals surface area contributed by atoms with E-state index in [1.807, 2.05) is 44.2 Å². The van der Waals surface area contributed by atoms with Crippen LogP contribution < -0.4 is 10.6 Å². The van der Waals surface area contributed by atoms with Gasteiger partial charge in [0.25, 0.3) is 11.8 Å². The molecule has 5 heteroatoms. The number of rotatable bonds is 5. The Bertz CT molecular complexity index is 654. The van der Waals surface area contributed by atoms with E-state index in [0.29, 0.717) is 17.7 Å². The lowest BCUT2D eigenvalue weighted by Gasteiger charge is -2.09. The Labute approximate surface area is 129 Å². The minimum absolute atomic E-state index is 0.0306. The van der Waals surface area contributed by atoms with Crippen LogP contribution in [0, 0.1) is 0 Å². The van der Waals surface area contributed by atoms with Crippen molar-refractivity contribution in [3.63, 3.8) is 0 Å². The van der Waals surface area contributed by atoms with Crippen LogP contribution in [0.1, 0.15) is 40.1 Å². The van der Waals surface area contributed by atoms with Crippen LogP contribution in [0.4, 0.5) is 0 Å². The van der Waals surface area contributed by atoms with Crippen molar-refractivity contribution in [2.24, 2.45) is 0 Å². The van der Waals surface area contributed by atoms with E-state index in [1.54, 1.807) is 6.07 Å². The van der Waals surface area contributed by atoms with Gasteiger partial charge in [0.15, 0.2) is 0 Å². The minimum atomic E-state index is -0.254. The van der Waals surface area contributed by atoms with Crippen LogP contribution in [0.3, 0.4) is 0 Å². The van der Waals surface area contributed by atoms with Crippen LogP contribution in [0.2, 0.25) is 0 Å². The van der Waals surface area contributed by atoms with Crippen molar-refractivity contribution in [3.8, 4) is 0 Å². The Balaban J connectivity index is 2.02. The number of nitrogens with zero attached hydrogens (tertiary/aromatic N) is 1. The van der Waals surface area contributed by atoms with E-state index < -0.39 is 0 Å². The summed E-state index contributed by atoms with van der Waals surface area (Å²) in [6.07, 6.45) is 2.90. The lowest BCUT2D eigenvalue weighted by molar-refractivity contribution is 0.0942. The summed E-state index contributed by atoms with van der Waals surface area (Å²) in [4.78, 5) is 28.0. The molecule has 0 bridgehead atoms. The standard InChI is InChI=1S/C17H19N3O2/c1-12(2)20-17(22)15-8-14(10-18-11-15)16(21)19-9-13-6-4-3-5-7-13/h3-8,10-12H,9H2,1-2H3,(H,19,21)(H,20,22). The molecule has 0 fully saturated rings. The van der Waals surface area contributed by atoms with Crippen molar-refractivity contribution in [2.45, 2.75) is 26.4 Å². The molecule has 22 heavy (non-hydrogen) atoms. The molecule has 114 valence electrons. The second-order valence-corrected chi connectivity index (χ2v) is 5.26. The number of amides is 2. The molecule has 2 amide bonds. The van der Waals surface area contributed by atoms with Gasteiger partial charge >= 0.3 is 0 Å². The number of hydrogen-bond donors (Lipinski definition) is 2. The molecule has 1 heterocycles. The lowest BCUT2D eigenvalue weighted by Crippen LogP contribution is -2.30. The van der Waals surface area contributed by atoms with Crippen molar-refractivity contribution in [3.05, 3.63) is 65.5 Å². The Morgan fingerprint density at radius 3 is 2.32 bits per heavy atom. The van der Waals surface area contributed by atoms with Crippen molar-refractivity contribution in [2.75, 3.05) is 0 Å². The number of carbonyl (C=O) groups is 2. The van der Waals surface area contributed by atoms with Crippen LogP contribution in [-0.2, 0) is 6.54 Å². The molecule has 0 aliphatic heterocycles. The number of benzene rings is 1. The third kappa shape index (κ3) is 4.41. The zero-order chi connectivity index (χ0) is 15.9. The first-order valence-corrected chi connectivity index (χ1v) is 7.14. The first-order valence-electron chi connectivity index (χ1n) is 7.14. The predicted octanol–water partition coefficient (Wildman–Crippen LogP) is 2.15. The lowest BCUT2D eigenvalue weighted by atomic mass is 10.1. The van der Waals surface area contributed by atoms with E-state index in [9.17, 15) is 9.59 Å². The maximum absolute atomic E-state index is 12.1. The molecule has 0 aliphatic rings. The Hall–Kier alpha value is -2.69.